The van der Waals surface area contributed by atoms with E-state index in [0.717, 1.165) is 5.56 Å². The average molecular weight is 387 g/mol. The Morgan fingerprint density at radius 1 is 1.25 bits per heavy atom. The van der Waals surface area contributed by atoms with Crippen LogP contribution in [0.5, 0.6) is 17.2 Å². The lowest BCUT2D eigenvalue weighted by Crippen LogP contribution is -2.45. The number of benzene rings is 2. The molecule has 0 unspecified atom stereocenters. The van der Waals surface area contributed by atoms with E-state index in [1.54, 1.807) is 7.11 Å². The van der Waals surface area contributed by atoms with Gasteiger partial charge in [-0.2, -0.15) is 0 Å². The largest absolute Gasteiger partial charge is 0.497 e. The van der Waals surface area contributed by atoms with Crippen molar-refractivity contribution in [2.24, 2.45) is 0 Å². The fraction of sp³-hybridized carbons (Fsp3) is 0.409. The molecule has 0 spiro atoms. The Hall–Kier alpha value is -2.76. The predicted octanol–water partition coefficient (Wildman–Crippen LogP) is 4.41. The summed E-state index contributed by atoms with van der Waals surface area (Å²) in [5.74, 6) is 1.31. The first kappa shape index (κ1) is 20.0. The van der Waals surface area contributed by atoms with E-state index in [4.69, 9.17) is 14.2 Å². The van der Waals surface area contributed by atoms with Gasteiger partial charge in [0.05, 0.1) is 13.2 Å². The van der Waals surface area contributed by atoms with Crippen molar-refractivity contribution in [3.63, 3.8) is 0 Å². The van der Waals surface area contributed by atoms with Gasteiger partial charge in [0.25, 0.3) is 5.91 Å². The number of amides is 1. The Bertz CT molecular complexity index is 835. The number of nitrogens with one attached hydrogen (secondary N) is 1. The van der Waals surface area contributed by atoms with Gasteiger partial charge < -0.3 is 19.5 Å². The van der Waals surface area contributed by atoms with Crippen LogP contribution in [0.3, 0.4) is 0 Å². The van der Waals surface area contributed by atoms with E-state index in [1.165, 1.54) is 24.3 Å². The highest BCUT2D eigenvalue weighted by molar-refractivity contribution is 5.81. The Kier molecular flexibility index (Phi) is 5.77. The number of hydrogen-bond donors (Lipinski definition) is 1. The molecular formula is C22H26FNO4. The van der Waals surface area contributed by atoms with Gasteiger partial charge in [0.15, 0.2) is 6.10 Å². The Labute approximate surface area is 164 Å². The van der Waals surface area contributed by atoms with E-state index in [9.17, 15) is 9.18 Å². The fourth-order valence-corrected chi connectivity index (χ4v) is 3.35. The van der Waals surface area contributed by atoms with Gasteiger partial charge in [0.2, 0.25) is 0 Å². The van der Waals surface area contributed by atoms with Gasteiger partial charge in [-0.3, -0.25) is 4.79 Å². The molecule has 28 heavy (non-hydrogen) atoms. The van der Waals surface area contributed by atoms with Crippen molar-refractivity contribution >= 4 is 5.91 Å². The summed E-state index contributed by atoms with van der Waals surface area (Å²) in [6.45, 7) is 5.85. The lowest BCUT2D eigenvalue weighted by atomic mass is 9.89. The summed E-state index contributed by atoms with van der Waals surface area (Å²) >= 11 is 0. The van der Waals surface area contributed by atoms with E-state index in [0.29, 0.717) is 30.1 Å². The minimum absolute atomic E-state index is 0.206. The van der Waals surface area contributed by atoms with Crippen molar-refractivity contribution in [3.05, 3.63) is 53.8 Å². The molecule has 1 N–H and O–H groups in total. The van der Waals surface area contributed by atoms with Crippen LogP contribution in [-0.4, -0.2) is 24.7 Å². The molecule has 1 aliphatic rings. The molecule has 3 rings (SSSR count). The van der Waals surface area contributed by atoms with Crippen LogP contribution in [-0.2, 0) is 4.79 Å². The Morgan fingerprint density at radius 3 is 2.57 bits per heavy atom. The van der Waals surface area contributed by atoms with Gasteiger partial charge in [-0.25, -0.2) is 4.39 Å². The Morgan fingerprint density at radius 2 is 1.93 bits per heavy atom. The zero-order valence-electron chi connectivity index (χ0n) is 16.6. The van der Waals surface area contributed by atoms with Crippen molar-refractivity contribution in [3.8, 4) is 17.2 Å². The van der Waals surface area contributed by atoms with E-state index in [1.807, 2.05) is 39.0 Å². The fourth-order valence-electron chi connectivity index (χ4n) is 3.35. The molecule has 0 aromatic heterocycles. The van der Waals surface area contributed by atoms with Crippen LogP contribution in [0.2, 0.25) is 0 Å². The highest BCUT2D eigenvalue weighted by Crippen LogP contribution is 2.41. The molecule has 0 saturated carbocycles. The summed E-state index contributed by atoms with van der Waals surface area (Å²) in [6.07, 6.45) is 0.453. The molecule has 5 nitrogen and oxygen atoms in total. The third-order valence-electron chi connectivity index (χ3n) is 4.75. The molecule has 0 saturated heterocycles. The first-order chi connectivity index (χ1) is 13.3. The van der Waals surface area contributed by atoms with Gasteiger partial charge in [-0.05, 0) is 56.7 Å². The quantitative estimate of drug-likeness (QED) is 0.798. The number of hydrogen-bond acceptors (Lipinski definition) is 4. The maximum absolute atomic E-state index is 13.1. The number of carbonyl (C=O) groups excluding carboxylic acids is 1. The van der Waals surface area contributed by atoms with Crippen LogP contribution >= 0.6 is 0 Å². The molecule has 0 fully saturated rings. The zero-order chi connectivity index (χ0) is 20.3. The summed E-state index contributed by atoms with van der Waals surface area (Å²) in [6, 6.07) is 11.1. The van der Waals surface area contributed by atoms with E-state index >= 15 is 0 Å². The molecule has 6 heteroatoms. The summed E-state index contributed by atoms with van der Waals surface area (Å²) in [7, 11) is 1.60. The predicted molar refractivity (Wildman–Crippen MR) is 104 cm³/mol. The third-order valence-corrected chi connectivity index (χ3v) is 4.75. The summed E-state index contributed by atoms with van der Waals surface area (Å²) in [5.41, 5.74) is 0.474. The van der Waals surface area contributed by atoms with Gasteiger partial charge in [0, 0.05) is 18.1 Å². The summed E-state index contributed by atoms with van der Waals surface area (Å²) in [5, 5.41) is 3.09. The second-order valence-electron chi connectivity index (χ2n) is 7.50. The summed E-state index contributed by atoms with van der Waals surface area (Å²) in [4.78, 5) is 12.9. The number of methoxy groups -OCH3 is 1. The van der Waals surface area contributed by atoms with Crippen LogP contribution < -0.4 is 19.5 Å². The first-order valence-electron chi connectivity index (χ1n) is 9.41. The van der Waals surface area contributed by atoms with Crippen molar-refractivity contribution in [1.82, 2.24) is 5.32 Å². The first-order valence-corrected chi connectivity index (χ1v) is 9.41. The average Bonchev–Trinajstić information content (AvgIpc) is 2.66. The Balaban J connectivity index is 1.77. The molecule has 2 aromatic carbocycles. The highest BCUT2D eigenvalue weighted by atomic mass is 19.1. The number of rotatable bonds is 6. The van der Waals surface area contributed by atoms with Crippen LogP contribution in [0.25, 0.3) is 0 Å². The minimum Gasteiger partial charge on any atom is -0.497 e. The zero-order valence-corrected chi connectivity index (χ0v) is 16.6. The summed E-state index contributed by atoms with van der Waals surface area (Å²) < 4.78 is 30.2. The van der Waals surface area contributed by atoms with E-state index in [2.05, 4.69) is 5.32 Å². The second kappa shape index (κ2) is 8.09. The van der Waals surface area contributed by atoms with E-state index < -0.39 is 11.7 Å². The second-order valence-corrected chi connectivity index (χ2v) is 7.50. The van der Waals surface area contributed by atoms with Crippen LogP contribution in [0.1, 0.15) is 45.2 Å². The number of fused-ring (bicyclic) bond motifs is 1. The SMILES string of the molecule is CC[C@H](Oc1ccc(F)cc1)C(=O)N[C@@H]1CC(C)(C)Oc2cc(OC)ccc21. The molecule has 1 heterocycles. The molecule has 0 aliphatic carbocycles. The molecule has 0 radical (unpaired) electrons. The number of ether oxygens (including phenoxy) is 3. The van der Waals surface area contributed by atoms with Gasteiger partial charge in [-0.1, -0.05) is 6.92 Å². The van der Waals surface area contributed by atoms with Gasteiger partial charge in [-0.15, -0.1) is 0 Å². The molecule has 0 bridgehead atoms. The number of halogens is 1. The molecule has 1 aliphatic heterocycles. The van der Waals surface area contributed by atoms with Gasteiger partial charge >= 0.3 is 0 Å². The topological polar surface area (TPSA) is 56.8 Å². The highest BCUT2D eigenvalue weighted by Gasteiger charge is 2.36. The van der Waals surface area contributed by atoms with E-state index in [-0.39, 0.29) is 17.8 Å². The third kappa shape index (κ3) is 4.55. The molecule has 150 valence electrons. The molecule has 2 atom stereocenters. The lowest BCUT2D eigenvalue weighted by molar-refractivity contribution is -0.129. The maximum Gasteiger partial charge on any atom is 0.261 e. The minimum atomic E-state index is -0.668. The van der Waals surface area contributed by atoms with Gasteiger partial charge in [0.1, 0.15) is 28.7 Å². The van der Waals surface area contributed by atoms with Crippen LogP contribution in [0.15, 0.2) is 42.5 Å². The smallest absolute Gasteiger partial charge is 0.261 e. The van der Waals surface area contributed by atoms with Crippen LogP contribution in [0.4, 0.5) is 4.39 Å². The number of carbonyl (C=O) groups is 1. The maximum atomic E-state index is 13.1. The monoisotopic (exact) mass is 387 g/mol. The van der Waals surface area contributed by atoms with Crippen molar-refractivity contribution in [1.29, 1.82) is 0 Å². The van der Waals surface area contributed by atoms with Crippen molar-refractivity contribution < 1.29 is 23.4 Å². The molecule has 1 amide bonds. The standard InChI is InChI=1S/C22H26FNO4/c1-5-19(27-15-8-6-14(23)7-9-15)21(25)24-18-13-22(2,3)28-20-12-16(26-4)10-11-17(18)20/h6-12,18-19H,5,13H2,1-4H3,(H,24,25)/t18-,19+/m1/s1. The normalized spacial score (nSPS) is 18.4. The lowest BCUT2D eigenvalue weighted by Gasteiger charge is -2.38. The molecule has 2 aromatic rings. The van der Waals surface area contributed by atoms with Crippen molar-refractivity contribution in [2.45, 2.75) is 51.4 Å². The van der Waals surface area contributed by atoms with Crippen LogP contribution in [0, 0.1) is 5.82 Å². The van der Waals surface area contributed by atoms with Crippen molar-refractivity contribution in [2.75, 3.05) is 7.11 Å². The molecular weight excluding hydrogens is 361 g/mol.